The molecule has 0 aliphatic rings. The van der Waals surface area contributed by atoms with Gasteiger partial charge in [-0.25, -0.2) is 4.57 Å². The maximum atomic E-state index is 9.89. The third-order valence-corrected chi connectivity index (χ3v) is 0.988. The zero-order valence-corrected chi connectivity index (χ0v) is 6.31. The molecule has 0 saturated heterocycles. The standard InChI is InChI=1S/C2H8NO4PS/c4-8(5,6)7-3-1-2-9/h3,9H,1-2H2,(H2,4,5,6). The summed E-state index contributed by atoms with van der Waals surface area (Å²) in [7, 11) is -4.34. The average Bonchev–Trinajstić information content (AvgIpc) is 1.63. The molecular weight excluding hydrogens is 165 g/mol. The quantitative estimate of drug-likeness (QED) is 0.200. The summed E-state index contributed by atoms with van der Waals surface area (Å²) in [5.74, 6) is 0.458. The third kappa shape index (κ3) is 8.42. The lowest BCUT2D eigenvalue weighted by atomic mass is 10.8. The van der Waals surface area contributed by atoms with E-state index in [9.17, 15) is 4.57 Å². The van der Waals surface area contributed by atoms with E-state index in [4.69, 9.17) is 9.79 Å². The first-order chi connectivity index (χ1) is 4.06. The Morgan fingerprint density at radius 2 is 2.22 bits per heavy atom. The Kier molecular flexibility index (Phi) is 4.47. The van der Waals surface area contributed by atoms with Gasteiger partial charge in [0, 0.05) is 12.3 Å². The first-order valence-electron chi connectivity index (χ1n) is 2.14. The van der Waals surface area contributed by atoms with Gasteiger partial charge in [0.25, 0.3) is 0 Å². The van der Waals surface area contributed by atoms with Gasteiger partial charge < -0.3 is 9.79 Å². The first kappa shape index (κ1) is 9.42. The monoisotopic (exact) mass is 173 g/mol. The molecular formula is C2H8NO4PS. The van der Waals surface area contributed by atoms with Crippen LogP contribution in [-0.4, -0.2) is 22.1 Å². The molecule has 56 valence electrons. The fourth-order valence-corrected chi connectivity index (χ4v) is 0.526. The van der Waals surface area contributed by atoms with Gasteiger partial charge in [0.15, 0.2) is 0 Å². The summed E-state index contributed by atoms with van der Waals surface area (Å²) < 4.78 is 13.7. The van der Waals surface area contributed by atoms with Crippen molar-refractivity contribution in [1.29, 1.82) is 0 Å². The van der Waals surface area contributed by atoms with E-state index < -0.39 is 7.82 Å². The molecule has 0 aromatic carbocycles. The van der Waals surface area contributed by atoms with Crippen molar-refractivity contribution in [2.24, 2.45) is 0 Å². The average molecular weight is 173 g/mol. The number of rotatable bonds is 4. The lowest BCUT2D eigenvalue weighted by molar-refractivity contribution is 0.129. The molecule has 5 nitrogen and oxygen atoms in total. The molecule has 0 spiro atoms. The predicted octanol–water partition coefficient (Wildman–Crippen LogP) is -0.470. The number of phosphoric acid groups is 1. The molecule has 0 saturated carbocycles. The normalized spacial score (nSPS) is 11.9. The zero-order chi connectivity index (χ0) is 7.33. The van der Waals surface area contributed by atoms with Crippen molar-refractivity contribution >= 4 is 20.5 Å². The summed E-state index contributed by atoms with van der Waals surface area (Å²) in [4.78, 5) is 16.1. The van der Waals surface area contributed by atoms with Crippen LogP contribution in [0.3, 0.4) is 0 Å². The molecule has 0 heterocycles. The van der Waals surface area contributed by atoms with Gasteiger partial charge in [-0.15, -0.1) is 0 Å². The van der Waals surface area contributed by atoms with Crippen molar-refractivity contribution in [3.8, 4) is 0 Å². The number of hydrogen-bond acceptors (Lipinski definition) is 4. The number of hydrogen-bond donors (Lipinski definition) is 4. The van der Waals surface area contributed by atoms with Gasteiger partial charge in [-0.3, -0.25) is 0 Å². The maximum absolute atomic E-state index is 9.89. The van der Waals surface area contributed by atoms with Crippen LogP contribution in [0.5, 0.6) is 0 Å². The molecule has 0 bridgehead atoms. The van der Waals surface area contributed by atoms with E-state index in [1.54, 1.807) is 0 Å². The Bertz CT molecular complexity index is 113. The summed E-state index contributed by atoms with van der Waals surface area (Å²) in [6.45, 7) is 0.300. The van der Waals surface area contributed by atoms with Gasteiger partial charge >= 0.3 is 7.82 Å². The molecule has 0 radical (unpaired) electrons. The summed E-state index contributed by atoms with van der Waals surface area (Å²) in [6.07, 6.45) is 0. The van der Waals surface area contributed by atoms with Crippen LogP contribution in [0.4, 0.5) is 0 Å². The van der Waals surface area contributed by atoms with Crippen molar-refractivity contribution in [2.45, 2.75) is 0 Å². The largest absolute Gasteiger partial charge is 0.486 e. The van der Waals surface area contributed by atoms with Gasteiger partial charge in [0.2, 0.25) is 0 Å². The lowest BCUT2D eigenvalue weighted by Crippen LogP contribution is -2.15. The Hall–Kier alpha value is 0.420. The fraction of sp³-hybridized carbons (Fsp3) is 1.00. The van der Waals surface area contributed by atoms with Crippen molar-refractivity contribution in [3.63, 3.8) is 0 Å². The van der Waals surface area contributed by atoms with Gasteiger partial charge in [0.05, 0.1) is 0 Å². The van der Waals surface area contributed by atoms with Gasteiger partial charge in [-0.1, -0.05) is 0 Å². The summed E-state index contributed by atoms with van der Waals surface area (Å²) in [6, 6.07) is 0. The Morgan fingerprint density at radius 3 is 2.56 bits per heavy atom. The summed E-state index contributed by atoms with van der Waals surface area (Å²) in [5, 5.41) is 0. The molecule has 0 unspecified atom stereocenters. The molecule has 3 N–H and O–H groups in total. The van der Waals surface area contributed by atoms with E-state index in [2.05, 4.69) is 17.3 Å². The second-order valence-corrected chi connectivity index (χ2v) is 2.81. The van der Waals surface area contributed by atoms with E-state index in [1.807, 2.05) is 5.48 Å². The fourth-order valence-electron chi connectivity index (χ4n) is 0.175. The van der Waals surface area contributed by atoms with E-state index in [0.717, 1.165) is 0 Å². The molecule has 0 aliphatic heterocycles. The highest BCUT2D eigenvalue weighted by Gasteiger charge is 2.12. The Labute approximate surface area is 58.0 Å². The van der Waals surface area contributed by atoms with E-state index in [0.29, 0.717) is 12.3 Å². The highest BCUT2D eigenvalue weighted by molar-refractivity contribution is 7.80. The minimum absolute atomic E-state index is 0.300. The predicted molar refractivity (Wildman–Crippen MR) is 35.0 cm³/mol. The highest BCUT2D eigenvalue weighted by Crippen LogP contribution is 2.33. The van der Waals surface area contributed by atoms with Crippen molar-refractivity contribution in [3.05, 3.63) is 0 Å². The minimum atomic E-state index is -4.34. The zero-order valence-electron chi connectivity index (χ0n) is 4.52. The van der Waals surface area contributed by atoms with Crippen LogP contribution >= 0.6 is 20.5 Å². The Balaban J connectivity index is 3.18. The number of thiol groups is 1. The minimum Gasteiger partial charge on any atom is -0.302 e. The number of nitrogens with one attached hydrogen (secondary N) is 1. The summed E-state index contributed by atoms with van der Waals surface area (Å²) >= 11 is 3.75. The van der Waals surface area contributed by atoms with Crippen LogP contribution in [-0.2, 0) is 9.19 Å². The maximum Gasteiger partial charge on any atom is 0.486 e. The van der Waals surface area contributed by atoms with Crippen molar-refractivity contribution < 1.29 is 19.0 Å². The highest BCUT2D eigenvalue weighted by atomic mass is 32.1. The molecule has 0 rings (SSSR count). The van der Waals surface area contributed by atoms with Crippen LogP contribution < -0.4 is 5.48 Å². The second kappa shape index (κ2) is 4.27. The first-order valence-corrected chi connectivity index (χ1v) is 4.30. The van der Waals surface area contributed by atoms with Crippen LogP contribution in [0.25, 0.3) is 0 Å². The van der Waals surface area contributed by atoms with Crippen LogP contribution in [0, 0.1) is 0 Å². The molecule has 9 heavy (non-hydrogen) atoms. The molecule has 7 heteroatoms. The molecule has 0 amide bonds. The van der Waals surface area contributed by atoms with Crippen LogP contribution in [0.2, 0.25) is 0 Å². The van der Waals surface area contributed by atoms with Gasteiger partial charge in [-0.2, -0.15) is 22.7 Å². The molecule has 0 aliphatic carbocycles. The second-order valence-electron chi connectivity index (χ2n) is 1.20. The van der Waals surface area contributed by atoms with Crippen LogP contribution in [0.15, 0.2) is 0 Å². The van der Waals surface area contributed by atoms with Gasteiger partial charge in [0.1, 0.15) is 0 Å². The Morgan fingerprint density at radius 1 is 1.67 bits per heavy atom. The van der Waals surface area contributed by atoms with E-state index >= 15 is 0 Å². The third-order valence-electron chi connectivity index (χ3n) is 0.397. The van der Waals surface area contributed by atoms with E-state index in [1.165, 1.54) is 0 Å². The van der Waals surface area contributed by atoms with Crippen molar-refractivity contribution in [1.82, 2.24) is 5.48 Å². The molecule has 0 atom stereocenters. The SMILES string of the molecule is O=P(O)(O)ONCCS. The topological polar surface area (TPSA) is 78.8 Å². The molecule has 0 aromatic heterocycles. The lowest BCUT2D eigenvalue weighted by Gasteiger charge is -2.02. The van der Waals surface area contributed by atoms with E-state index in [-0.39, 0.29) is 0 Å². The van der Waals surface area contributed by atoms with Gasteiger partial charge in [-0.05, 0) is 0 Å². The molecule has 0 aromatic rings. The van der Waals surface area contributed by atoms with Crippen molar-refractivity contribution in [2.75, 3.05) is 12.3 Å². The summed E-state index contributed by atoms with van der Waals surface area (Å²) in [5.41, 5.74) is 2.04. The van der Waals surface area contributed by atoms with Crippen LogP contribution in [0.1, 0.15) is 0 Å². The smallest absolute Gasteiger partial charge is 0.302 e. The number of hydroxylamine groups is 1. The molecule has 0 fully saturated rings.